The van der Waals surface area contributed by atoms with Crippen LogP contribution in [0.1, 0.15) is 32.4 Å². The minimum atomic E-state index is -4.57. The molecule has 0 aromatic carbocycles. The predicted molar refractivity (Wildman–Crippen MR) is 92.6 cm³/mol. The van der Waals surface area contributed by atoms with Crippen molar-refractivity contribution in [3.8, 4) is 17.6 Å². The van der Waals surface area contributed by atoms with E-state index in [1.165, 1.54) is 12.1 Å². The maximum atomic E-state index is 13.0. The van der Waals surface area contributed by atoms with Gasteiger partial charge in [-0.2, -0.15) is 33.4 Å². The Morgan fingerprint density at radius 3 is 2.33 bits per heavy atom. The van der Waals surface area contributed by atoms with Gasteiger partial charge in [-0.25, -0.2) is 4.98 Å². The summed E-state index contributed by atoms with van der Waals surface area (Å²) in [5, 5.41) is 14.9. The molecule has 10 heteroatoms. The molecule has 2 aromatic heterocycles. The molecule has 2 aromatic rings. The summed E-state index contributed by atoms with van der Waals surface area (Å²) in [6, 6.07) is 5.07. The molecule has 27 heavy (non-hydrogen) atoms. The second kappa shape index (κ2) is 7.34. The number of alkyl halides is 3. The lowest BCUT2D eigenvalue weighted by molar-refractivity contribution is -0.141. The van der Waals surface area contributed by atoms with Crippen LogP contribution in [0.4, 0.5) is 25.1 Å². The number of rotatable bonds is 6. The van der Waals surface area contributed by atoms with E-state index in [0.29, 0.717) is 5.92 Å². The minimum absolute atomic E-state index is 0.00534. The first kappa shape index (κ1) is 18.8. The molecule has 1 fully saturated rings. The van der Waals surface area contributed by atoms with Crippen molar-refractivity contribution in [1.82, 2.24) is 19.9 Å². The molecule has 1 aliphatic rings. The number of hydrogen-bond donors (Lipinski definition) is 2. The highest BCUT2D eigenvalue weighted by molar-refractivity contribution is 5.54. The average molecular weight is 377 g/mol. The van der Waals surface area contributed by atoms with Gasteiger partial charge in [-0.15, -0.1) is 0 Å². The monoisotopic (exact) mass is 377 g/mol. The van der Waals surface area contributed by atoms with E-state index in [-0.39, 0.29) is 29.5 Å². The van der Waals surface area contributed by atoms with E-state index >= 15 is 0 Å². The van der Waals surface area contributed by atoms with Gasteiger partial charge >= 0.3 is 6.18 Å². The molecule has 0 saturated heterocycles. The van der Waals surface area contributed by atoms with Crippen LogP contribution in [-0.4, -0.2) is 32.0 Å². The van der Waals surface area contributed by atoms with Crippen LogP contribution in [-0.2, 0) is 6.18 Å². The molecule has 0 aliphatic heterocycles. The number of nitriles is 1. The molecule has 1 aliphatic carbocycles. The van der Waals surface area contributed by atoms with Crippen molar-refractivity contribution >= 4 is 11.9 Å². The van der Waals surface area contributed by atoms with Crippen molar-refractivity contribution in [2.75, 3.05) is 10.6 Å². The Labute approximate surface area is 154 Å². The summed E-state index contributed by atoms with van der Waals surface area (Å²) in [6.07, 6.45) is -2.35. The first-order valence-electron chi connectivity index (χ1n) is 8.49. The minimum Gasteiger partial charge on any atom is -0.351 e. The first-order valence-corrected chi connectivity index (χ1v) is 8.49. The van der Waals surface area contributed by atoms with E-state index in [1.54, 1.807) is 6.92 Å². The number of nitrogens with zero attached hydrogens (tertiary/aromatic N) is 5. The molecule has 1 saturated carbocycles. The predicted octanol–water partition coefficient (Wildman–Crippen LogP) is 3.49. The van der Waals surface area contributed by atoms with Gasteiger partial charge in [0.25, 0.3) is 0 Å². The lowest BCUT2D eigenvalue weighted by atomic mass is 10.2. The van der Waals surface area contributed by atoms with Gasteiger partial charge in [0.2, 0.25) is 11.9 Å². The maximum Gasteiger partial charge on any atom is 0.433 e. The fourth-order valence-corrected chi connectivity index (χ4v) is 2.48. The van der Waals surface area contributed by atoms with Crippen molar-refractivity contribution in [3.63, 3.8) is 0 Å². The first-order chi connectivity index (χ1) is 12.8. The third kappa shape index (κ3) is 4.81. The molecule has 2 heterocycles. The van der Waals surface area contributed by atoms with Gasteiger partial charge in [0.1, 0.15) is 17.4 Å². The molecule has 142 valence electrons. The molecule has 0 amide bonds. The molecule has 2 atom stereocenters. The number of pyridine rings is 1. The van der Waals surface area contributed by atoms with E-state index in [0.717, 1.165) is 18.9 Å². The third-order valence-corrected chi connectivity index (χ3v) is 4.13. The van der Waals surface area contributed by atoms with Crippen molar-refractivity contribution in [3.05, 3.63) is 23.9 Å². The van der Waals surface area contributed by atoms with Crippen molar-refractivity contribution in [1.29, 1.82) is 5.26 Å². The Kier molecular flexibility index (Phi) is 5.12. The average Bonchev–Trinajstić information content (AvgIpc) is 3.46. The van der Waals surface area contributed by atoms with E-state index in [1.807, 2.05) is 13.0 Å². The maximum absolute atomic E-state index is 13.0. The van der Waals surface area contributed by atoms with Gasteiger partial charge in [0, 0.05) is 6.04 Å². The quantitative estimate of drug-likeness (QED) is 0.795. The van der Waals surface area contributed by atoms with Gasteiger partial charge in [-0.3, -0.25) is 0 Å². The highest BCUT2D eigenvalue weighted by atomic mass is 19.4. The number of nitrogens with one attached hydrogen (secondary N) is 2. The molecule has 7 nitrogen and oxygen atoms in total. The van der Waals surface area contributed by atoms with E-state index in [4.69, 9.17) is 5.26 Å². The van der Waals surface area contributed by atoms with Gasteiger partial charge < -0.3 is 10.6 Å². The molecule has 0 bridgehead atoms. The van der Waals surface area contributed by atoms with Gasteiger partial charge in [0.15, 0.2) is 5.82 Å². The van der Waals surface area contributed by atoms with Crippen LogP contribution in [0.5, 0.6) is 0 Å². The highest BCUT2D eigenvalue weighted by Gasteiger charge is 2.33. The SMILES string of the molecule is CC(C#N)Nc1nc(NC(C)C2CC2)nc(-c2cccc(C(F)(F)F)n2)n1. The number of hydrogen-bond acceptors (Lipinski definition) is 7. The molecule has 0 radical (unpaired) electrons. The molecule has 2 unspecified atom stereocenters. The molecule has 0 spiro atoms. The van der Waals surface area contributed by atoms with Gasteiger partial charge in [-0.1, -0.05) is 6.07 Å². The zero-order chi connectivity index (χ0) is 19.6. The summed E-state index contributed by atoms with van der Waals surface area (Å²) in [5.74, 6) is 0.839. The van der Waals surface area contributed by atoms with E-state index < -0.39 is 17.9 Å². The zero-order valence-corrected chi connectivity index (χ0v) is 14.7. The largest absolute Gasteiger partial charge is 0.433 e. The van der Waals surface area contributed by atoms with E-state index in [9.17, 15) is 13.2 Å². The Morgan fingerprint density at radius 1 is 1.07 bits per heavy atom. The summed E-state index contributed by atoms with van der Waals surface area (Å²) in [7, 11) is 0. The van der Waals surface area contributed by atoms with Crippen molar-refractivity contribution in [2.24, 2.45) is 5.92 Å². The second-order valence-corrected chi connectivity index (χ2v) is 6.48. The second-order valence-electron chi connectivity index (χ2n) is 6.48. The lowest BCUT2D eigenvalue weighted by Crippen LogP contribution is -2.21. The van der Waals surface area contributed by atoms with E-state index in [2.05, 4.69) is 30.6 Å². The van der Waals surface area contributed by atoms with Crippen LogP contribution in [0, 0.1) is 17.2 Å². The van der Waals surface area contributed by atoms with Gasteiger partial charge in [-0.05, 0) is 44.7 Å². The number of halogens is 3. The molecule has 2 N–H and O–H groups in total. The standard InChI is InChI=1S/C17H18F3N7/c1-9(8-21)22-15-25-14(12-4-3-5-13(24-12)17(18,19)20)26-16(27-15)23-10(2)11-6-7-11/h3-5,9-11H,6-7H2,1-2H3,(H2,22,23,25,26,27). The Morgan fingerprint density at radius 2 is 1.74 bits per heavy atom. The summed E-state index contributed by atoms with van der Waals surface area (Å²) >= 11 is 0. The highest BCUT2D eigenvalue weighted by Crippen LogP contribution is 2.34. The smallest absolute Gasteiger partial charge is 0.351 e. The summed E-state index contributed by atoms with van der Waals surface area (Å²) in [4.78, 5) is 16.2. The lowest BCUT2D eigenvalue weighted by Gasteiger charge is -2.15. The van der Waals surface area contributed by atoms with Crippen molar-refractivity contribution < 1.29 is 13.2 Å². The van der Waals surface area contributed by atoms with Crippen LogP contribution in [0.15, 0.2) is 18.2 Å². The van der Waals surface area contributed by atoms with Crippen LogP contribution in [0.2, 0.25) is 0 Å². The van der Waals surface area contributed by atoms with Gasteiger partial charge in [0.05, 0.1) is 6.07 Å². The molecular weight excluding hydrogens is 359 g/mol. The number of anilines is 2. The van der Waals surface area contributed by atoms with Crippen LogP contribution >= 0.6 is 0 Å². The molecular formula is C17H18F3N7. The van der Waals surface area contributed by atoms with Crippen LogP contribution < -0.4 is 10.6 Å². The summed E-state index contributed by atoms with van der Waals surface area (Å²) < 4.78 is 38.9. The Hall–Kier alpha value is -2.96. The van der Waals surface area contributed by atoms with Crippen LogP contribution in [0.25, 0.3) is 11.5 Å². The van der Waals surface area contributed by atoms with Crippen molar-refractivity contribution in [2.45, 2.75) is 44.9 Å². The fourth-order valence-electron chi connectivity index (χ4n) is 2.48. The normalized spacial score (nSPS) is 16.3. The number of aromatic nitrogens is 4. The summed E-state index contributed by atoms with van der Waals surface area (Å²) in [5.41, 5.74) is -1.05. The van der Waals surface area contributed by atoms with Crippen LogP contribution in [0.3, 0.4) is 0 Å². The third-order valence-electron chi connectivity index (χ3n) is 4.13. The Balaban J connectivity index is 1.97. The topological polar surface area (TPSA) is 99.4 Å². The Bertz CT molecular complexity index is 858. The fraction of sp³-hybridized carbons (Fsp3) is 0.471. The molecule has 3 rings (SSSR count). The zero-order valence-electron chi connectivity index (χ0n) is 14.7. The summed E-state index contributed by atoms with van der Waals surface area (Å²) in [6.45, 7) is 3.61.